The predicted molar refractivity (Wildman–Crippen MR) is 95.9 cm³/mol. The summed E-state index contributed by atoms with van der Waals surface area (Å²) >= 11 is 0. The monoisotopic (exact) mass is 321 g/mol. The van der Waals surface area contributed by atoms with Crippen LogP contribution in [-0.2, 0) is 0 Å². The summed E-state index contributed by atoms with van der Waals surface area (Å²) in [7, 11) is 0. The largest absolute Gasteiger partial charge is 0.368 e. The average molecular weight is 321 g/mol. The van der Waals surface area contributed by atoms with Gasteiger partial charge in [0.25, 0.3) is 0 Å². The predicted octanol–water partition coefficient (Wildman–Crippen LogP) is 3.72. The molecular formula is C20H23N3O. The van der Waals surface area contributed by atoms with Crippen molar-refractivity contribution < 1.29 is 5.11 Å². The van der Waals surface area contributed by atoms with Crippen LogP contribution in [-0.4, -0.2) is 21.5 Å². The molecule has 4 heteroatoms. The molecule has 4 nitrogen and oxygen atoms in total. The fourth-order valence-electron chi connectivity index (χ4n) is 5.39. The number of aromatic nitrogens is 1. The standard InChI is InChI=1S/C20H23N3O/c1-11-9-16(21-15-8-6-5-7-13(11)15)23-20(24)10-14-18(19(14,3)4)17(20)12(2)22-23/h5-9,14,17-18,24H,10H2,1-4H3/t14-,17+,18-,20+/m1/s1. The Balaban J connectivity index is 1.62. The van der Waals surface area contributed by atoms with Gasteiger partial charge >= 0.3 is 0 Å². The SMILES string of the molecule is CC1=NN(c2cc(C)c3ccccc3n2)[C@]2(O)C[C@@H]3[C@H]([C@H]12)C3(C)C. The summed E-state index contributed by atoms with van der Waals surface area (Å²) in [5, 5.41) is 19.2. The quantitative estimate of drug-likeness (QED) is 0.871. The molecule has 0 amide bonds. The normalized spacial score (nSPS) is 35.8. The fraction of sp³-hybridized carbons (Fsp3) is 0.500. The summed E-state index contributed by atoms with van der Waals surface area (Å²) in [6.07, 6.45) is 0.781. The van der Waals surface area contributed by atoms with Gasteiger partial charge < -0.3 is 5.11 Å². The van der Waals surface area contributed by atoms with E-state index in [1.807, 2.05) is 18.2 Å². The number of aliphatic hydroxyl groups is 1. The molecule has 0 spiro atoms. The van der Waals surface area contributed by atoms with Gasteiger partial charge in [0.05, 0.1) is 11.4 Å². The Morgan fingerprint density at radius 1 is 1.21 bits per heavy atom. The van der Waals surface area contributed by atoms with Gasteiger partial charge in [-0.2, -0.15) is 5.10 Å². The minimum absolute atomic E-state index is 0.131. The molecule has 2 heterocycles. The van der Waals surface area contributed by atoms with Crippen molar-refractivity contribution in [3.63, 3.8) is 0 Å². The Morgan fingerprint density at radius 2 is 1.96 bits per heavy atom. The smallest absolute Gasteiger partial charge is 0.168 e. The van der Waals surface area contributed by atoms with Crippen LogP contribution in [0.3, 0.4) is 0 Å². The van der Waals surface area contributed by atoms with E-state index in [0.717, 1.165) is 28.9 Å². The van der Waals surface area contributed by atoms with Crippen molar-refractivity contribution >= 4 is 22.4 Å². The van der Waals surface area contributed by atoms with Crippen molar-refractivity contribution in [1.29, 1.82) is 0 Å². The van der Waals surface area contributed by atoms with Gasteiger partial charge in [0.15, 0.2) is 11.5 Å². The Bertz CT molecular complexity index is 903. The van der Waals surface area contributed by atoms with Crippen LogP contribution >= 0.6 is 0 Å². The molecule has 2 saturated carbocycles. The lowest BCUT2D eigenvalue weighted by Crippen LogP contribution is -2.48. The summed E-state index contributed by atoms with van der Waals surface area (Å²) in [6, 6.07) is 10.2. The van der Waals surface area contributed by atoms with Crippen LogP contribution in [0.5, 0.6) is 0 Å². The fourth-order valence-corrected chi connectivity index (χ4v) is 5.39. The highest BCUT2D eigenvalue weighted by molar-refractivity contribution is 5.92. The molecule has 1 aromatic carbocycles. The van der Waals surface area contributed by atoms with Gasteiger partial charge in [-0.25, -0.2) is 9.99 Å². The number of anilines is 1. The van der Waals surface area contributed by atoms with Crippen LogP contribution in [0.4, 0.5) is 5.82 Å². The molecule has 0 bridgehead atoms. The minimum atomic E-state index is -0.906. The lowest BCUT2D eigenvalue weighted by molar-refractivity contribution is 0.00622. The van der Waals surface area contributed by atoms with Crippen molar-refractivity contribution in [1.82, 2.24) is 4.98 Å². The minimum Gasteiger partial charge on any atom is -0.368 e. The maximum absolute atomic E-state index is 11.5. The van der Waals surface area contributed by atoms with Gasteiger partial charge in [0.2, 0.25) is 0 Å². The van der Waals surface area contributed by atoms with E-state index in [9.17, 15) is 5.11 Å². The number of aryl methyl sites for hydroxylation is 1. The van der Waals surface area contributed by atoms with Gasteiger partial charge in [0.1, 0.15) is 0 Å². The second-order valence-electron chi connectivity index (χ2n) is 8.38. The number of hydrazone groups is 1. The van der Waals surface area contributed by atoms with Gasteiger partial charge in [-0.15, -0.1) is 0 Å². The van der Waals surface area contributed by atoms with Gasteiger partial charge in [0, 0.05) is 17.5 Å². The zero-order valence-corrected chi connectivity index (χ0v) is 14.6. The average Bonchev–Trinajstić information content (AvgIpc) is 2.83. The summed E-state index contributed by atoms with van der Waals surface area (Å²) < 4.78 is 0. The second-order valence-corrected chi connectivity index (χ2v) is 8.38. The van der Waals surface area contributed by atoms with E-state index in [4.69, 9.17) is 10.1 Å². The Morgan fingerprint density at radius 3 is 2.75 bits per heavy atom. The number of para-hydroxylation sites is 1. The molecule has 2 fully saturated rings. The summed E-state index contributed by atoms with van der Waals surface area (Å²) in [5.41, 5.74) is 2.59. The van der Waals surface area contributed by atoms with Crippen LogP contribution < -0.4 is 5.01 Å². The zero-order chi connectivity index (χ0) is 16.9. The number of pyridine rings is 1. The molecule has 2 aliphatic carbocycles. The van der Waals surface area contributed by atoms with E-state index < -0.39 is 5.72 Å². The number of rotatable bonds is 1. The van der Waals surface area contributed by atoms with Crippen LogP contribution in [0.15, 0.2) is 35.4 Å². The summed E-state index contributed by atoms with van der Waals surface area (Å²) in [4.78, 5) is 4.79. The molecule has 24 heavy (non-hydrogen) atoms. The first kappa shape index (κ1) is 14.4. The van der Waals surface area contributed by atoms with Crippen molar-refractivity contribution in [3.8, 4) is 0 Å². The highest BCUT2D eigenvalue weighted by atomic mass is 16.3. The maximum atomic E-state index is 11.5. The first-order chi connectivity index (χ1) is 11.3. The number of benzene rings is 1. The highest BCUT2D eigenvalue weighted by Crippen LogP contribution is 2.73. The molecular weight excluding hydrogens is 298 g/mol. The molecule has 1 aromatic heterocycles. The summed E-state index contributed by atoms with van der Waals surface area (Å²) in [5.74, 6) is 2.01. The molecule has 2 aromatic rings. The number of fused-ring (bicyclic) bond motifs is 4. The Hall–Kier alpha value is -1.94. The molecule has 1 N–H and O–H groups in total. The van der Waals surface area contributed by atoms with Crippen molar-refractivity contribution in [2.45, 2.75) is 39.8 Å². The van der Waals surface area contributed by atoms with Crippen LogP contribution in [0.2, 0.25) is 0 Å². The third-order valence-corrected chi connectivity index (χ3v) is 6.72. The lowest BCUT2D eigenvalue weighted by atomic mass is 9.84. The number of nitrogens with zero attached hydrogens (tertiary/aromatic N) is 3. The van der Waals surface area contributed by atoms with E-state index in [2.05, 4.69) is 39.8 Å². The second kappa shape index (κ2) is 4.17. The lowest BCUT2D eigenvalue weighted by Gasteiger charge is -2.36. The Labute approximate surface area is 142 Å². The van der Waals surface area contributed by atoms with E-state index in [1.165, 1.54) is 5.56 Å². The zero-order valence-electron chi connectivity index (χ0n) is 14.6. The van der Waals surface area contributed by atoms with Crippen LogP contribution in [0.1, 0.15) is 32.8 Å². The van der Waals surface area contributed by atoms with E-state index >= 15 is 0 Å². The molecule has 0 unspecified atom stereocenters. The molecule has 0 saturated heterocycles. The van der Waals surface area contributed by atoms with Crippen LogP contribution in [0, 0.1) is 30.1 Å². The molecule has 4 atom stereocenters. The third kappa shape index (κ3) is 1.57. The van der Waals surface area contributed by atoms with Crippen molar-refractivity contribution in [2.24, 2.45) is 28.3 Å². The molecule has 3 aliphatic rings. The van der Waals surface area contributed by atoms with E-state index in [-0.39, 0.29) is 5.92 Å². The van der Waals surface area contributed by atoms with Crippen molar-refractivity contribution in [3.05, 3.63) is 35.9 Å². The van der Waals surface area contributed by atoms with E-state index in [1.54, 1.807) is 5.01 Å². The number of hydrogen-bond acceptors (Lipinski definition) is 4. The first-order valence-corrected chi connectivity index (χ1v) is 8.78. The Kier molecular flexibility index (Phi) is 2.51. The molecule has 124 valence electrons. The van der Waals surface area contributed by atoms with Crippen molar-refractivity contribution in [2.75, 3.05) is 5.01 Å². The maximum Gasteiger partial charge on any atom is 0.168 e. The number of hydrogen-bond donors (Lipinski definition) is 1. The van der Waals surface area contributed by atoms with Crippen LogP contribution in [0.25, 0.3) is 10.9 Å². The first-order valence-electron chi connectivity index (χ1n) is 8.78. The molecule has 0 radical (unpaired) electrons. The molecule has 1 aliphatic heterocycles. The van der Waals surface area contributed by atoms with Gasteiger partial charge in [-0.05, 0) is 48.8 Å². The third-order valence-electron chi connectivity index (χ3n) is 6.72. The van der Waals surface area contributed by atoms with Gasteiger partial charge in [-0.3, -0.25) is 0 Å². The topological polar surface area (TPSA) is 48.7 Å². The molecule has 5 rings (SSSR count). The van der Waals surface area contributed by atoms with E-state index in [0.29, 0.717) is 17.3 Å². The summed E-state index contributed by atoms with van der Waals surface area (Å²) in [6.45, 7) is 8.78. The van der Waals surface area contributed by atoms with Gasteiger partial charge in [-0.1, -0.05) is 32.0 Å². The highest BCUT2D eigenvalue weighted by Gasteiger charge is 2.75.